The maximum absolute atomic E-state index is 13.6. The predicted octanol–water partition coefficient (Wildman–Crippen LogP) is 4.35. The second-order valence-electron chi connectivity index (χ2n) is 8.41. The summed E-state index contributed by atoms with van der Waals surface area (Å²) < 4.78 is 55.2. The van der Waals surface area contributed by atoms with Crippen molar-refractivity contribution in [2.75, 3.05) is 38.1 Å². The molecule has 0 aliphatic carbocycles. The maximum atomic E-state index is 13.6. The van der Waals surface area contributed by atoms with Crippen LogP contribution in [-0.2, 0) is 4.79 Å². The summed E-state index contributed by atoms with van der Waals surface area (Å²) in [5, 5.41) is 2.65. The number of aromatic nitrogens is 2. The molecule has 0 bridgehead atoms. The van der Waals surface area contributed by atoms with Gasteiger partial charge in [0.25, 0.3) is 5.91 Å². The van der Waals surface area contributed by atoms with E-state index in [9.17, 15) is 27.2 Å². The third kappa shape index (κ3) is 6.95. The van der Waals surface area contributed by atoms with Gasteiger partial charge in [-0.25, -0.2) is 14.4 Å². The van der Waals surface area contributed by atoms with Crippen LogP contribution in [0.2, 0.25) is 5.15 Å². The Morgan fingerprint density at radius 2 is 1.74 bits per heavy atom. The first-order valence-electron chi connectivity index (χ1n) is 11.5. The van der Waals surface area contributed by atoms with Gasteiger partial charge in [-0.1, -0.05) is 41.9 Å². The van der Waals surface area contributed by atoms with Crippen LogP contribution in [0, 0.1) is 5.82 Å². The zero-order valence-corrected chi connectivity index (χ0v) is 20.5. The lowest BCUT2D eigenvalue weighted by molar-refractivity contribution is -0.154. The lowest BCUT2D eigenvalue weighted by atomic mass is 10.0. The van der Waals surface area contributed by atoms with Crippen molar-refractivity contribution in [3.63, 3.8) is 0 Å². The fourth-order valence-corrected chi connectivity index (χ4v) is 4.18. The average molecular weight is 552 g/mol. The van der Waals surface area contributed by atoms with Crippen molar-refractivity contribution in [3.8, 4) is 5.88 Å². The molecule has 3 heterocycles. The molecule has 13 heteroatoms. The van der Waals surface area contributed by atoms with Crippen molar-refractivity contribution < 1.29 is 31.9 Å². The summed E-state index contributed by atoms with van der Waals surface area (Å²) in [6, 6.07) is 11.9. The lowest BCUT2D eigenvalue weighted by Gasteiger charge is -2.38. The third-order valence-corrected chi connectivity index (χ3v) is 6.06. The van der Waals surface area contributed by atoms with Crippen molar-refractivity contribution in [1.82, 2.24) is 19.8 Å². The number of benzene rings is 1. The summed E-state index contributed by atoms with van der Waals surface area (Å²) in [6.07, 6.45) is -2.36. The van der Waals surface area contributed by atoms with Gasteiger partial charge in [0.05, 0.1) is 23.6 Å². The number of carbonyl (C=O) groups is 2. The number of nitrogens with zero attached hydrogens (tertiary/aromatic N) is 4. The fourth-order valence-electron chi connectivity index (χ4n) is 4.00. The molecular formula is C25H22ClF4N5O3. The molecule has 4 rings (SSSR count). The molecule has 0 spiro atoms. The summed E-state index contributed by atoms with van der Waals surface area (Å²) in [5.74, 6) is -1.75. The number of ether oxygens (including phenoxy) is 1. The van der Waals surface area contributed by atoms with Crippen molar-refractivity contribution in [2.24, 2.45) is 0 Å². The fraction of sp³-hybridized carbons (Fsp3) is 0.280. The summed E-state index contributed by atoms with van der Waals surface area (Å²) in [5.41, 5.74) is 0.949. The maximum Gasteiger partial charge on any atom is 0.422 e. The van der Waals surface area contributed by atoms with E-state index in [1.54, 1.807) is 24.3 Å². The van der Waals surface area contributed by atoms with Gasteiger partial charge in [-0.3, -0.25) is 14.5 Å². The minimum atomic E-state index is -4.49. The Morgan fingerprint density at radius 1 is 1.03 bits per heavy atom. The summed E-state index contributed by atoms with van der Waals surface area (Å²) in [6.45, 7) is -0.286. The number of rotatable bonds is 7. The highest BCUT2D eigenvalue weighted by molar-refractivity contribution is 6.32. The number of anilines is 1. The molecule has 1 aliphatic rings. The van der Waals surface area contributed by atoms with Crippen LogP contribution in [0.15, 0.2) is 60.9 Å². The van der Waals surface area contributed by atoms with E-state index < -0.39 is 30.5 Å². The number of hydrogen-bond acceptors (Lipinski definition) is 6. The van der Waals surface area contributed by atoms with E-state index in [2.05, 4.69) is 20.0 Å². The molecule has 2 aromatic heterocycles. The van der Waals surface area contributed by atoms with Crippen molar-refractivity contribution in [1.29, 1.82) is 0 Å². The molecule has 1 atom stereocenters. The third-order valence-electron chi connectivity index (χ3n) is 5.75. The number of pyridine rings is 2. The van der Waals surface area contributed by atoms with Crippen molar-refractivity contribution >= 4 is 29.1 Å². The van der Waals surface area contributed by atoms with Gasteiger partial charge in [0.15, 0.2) is 6.61 Å². The van der Waals surface area contributed by atoms with E-state index in [0.717, 1.165) is 12.3 Å². The Bertz CT molecular complexity index is 1270. The van der Waals surface area contributed by atoms with Gasteiger partial charge in [-0.15, -0.1) is 0 Å². The van der Waals surface area contributed by atoms with Crippen molar-refractivity contribution in [2.45, 2.75) is 12.2 Å². The van der Waals surface area contributed by atoms with Crippen LogP contribution in [0.25, 0.3) is 0 Å². The largest absolute Gasteiger partial charge is 0.468 e. The topological polar surface area (TPSA) is 87.7 Å². The molecule has 0 unspecified atom stereocenters. The number of carbonyl (C=O) groups excluding carboxylic acids is 2. The number of alkyl halides is 3. The zero-order valence-electron chi connectivity index (χ0n) is 19.8. The van der Waals surface area contributed by atoms with Crippen LogP contribution < -0.4 is 10.1 Å². The summed E-state index contributed by atoms with van der Waals surface area (Å²) >= 11 is 5.98. The van der Waals surface area contributed by atoms with E-state index in [0.29, 0.717) is 18.7 Å². The van der Waals surface area contributed by atoms with E-state index in [4.69, 9.17) is 11.6 Å². The van der Waals surface area contributed by atoms with Crippen LogP contribution in [0.5, 0.6) is 5.88 Å². The molecule has 8 nitrogen and oxygen atoms in total. The van der Waals surface area contributed by atoms with Gasteiger partial charge >= 0.3 is 6.18 Å². The molecular weight excluding hydrogens is 530 g/mol. The first kappa shape index (κ1) is 27.3. The van der Waals surface area contributed by atoms with Crippen molar-refractivity contribution in [3.05, 3.63) is 83.0 Å². The second-order valence-corrected chi connectivity index (χ2v) is 8.77. The van der Waals surface area contributed by atoms with Crippen LogP contribution >= 0.6 is 11.6 Å². The number of nitrogens with one attached hydrogen (secondary N) is 1. The highest BCUT2D eigenvalue weighted by atomic mass is 35.5. The second kappa shape index (κ2) is 11.7. The Labute approximate surface area is 220 Å². The number of hydrogen-bond donors (Lipinski definition) is 1. The van der Waals surface area contributed by atoms with Gasteiger partial charge in [-0.05, 0) is 17.7 Å². The smallest absolute Gasteiger partial charge is 0.422 e. The molecule has 1 fully saturated rings. The molecule has 200 valence electrons. The Hall–Kier alpha value is -3.77. The SMILES string of the molecule is O=C(Nc1ccc(OCC(F)(F)F)nc1)[C@@H](c1ccccc1)N1CCN(C(=O)c2cc(F)cnc2Cl)CC1. The first-order valence-corrected chi connectivity index (χ1v) is 11.8. The first-order chi connectivity index (χ1) is 18.1. The quantitative estimate of drug-likeness (QED) is 0.347. The van der Waals surface area contributed by atoms with Gasteiger partial charge in [-0.2, -0.15) is 13.2 Å². The molecule has 1 aliphatic heterocycles. The molecule has 1 N–H and O–H groups in total. The molecule has 2 amide bonds. The van der Waals surface area contributed by atoms with Crippen LogP contribution in [0.1, 0.15) is 22.0 Å². The molecule has 1 saturated heterocycles. The molecule has 1 aromatic carbocycles. The normalized spacial score (nSPS) is 15.1. The minimum Gasteiger partial charge on any atom is -0.468 e. The lowest BCUT2D eigenvalue weighted by Crippen LogP contribution is -2.51. The minimum absolute atomic E-state index is 0.0346. The molecule has 3 aromatic rings. The number of piperazine rings is 1. The zero-order chi connectivity index (χ0) is 27.3. The summed E-state index contributed by atoms with van der Waals surface area (Å²) in [7, 11) is 0. The van der Waals surface area contributed by atoms with Gasteiger partial charge < -0.3 is 15.0 Å². The van der Waals surface area contributed by atoms with Gasteiger partial charge in [0, 0.05) is 32.2 Å². The van der Waals surface area contributed by atoms with Crippen LogP contribution in [0.4, 0.5) is 23.2 Å². The van der Waals surface area contributed by atoms with Gasteiger partial charge in [0.1, 0.15) is 17.0 Å². The van der Waals surface area contributed by atoms with E-state index in [-0.39, 0.29) is 41.3 Å². The Balaban J connectivity index is 1.44. The van der Waals surface area contributed by atoms with E-state index >= 15 is 0 Å². The molecule has 0 radical (unpaired) electrons. The summed E-state index contributed by atoms with van der Waals surface area (Å²) in [4.78, 5) is 37.2. The Morgan fingerprint density at radius 3 is 2.37 bits per heavy atom. The average Bonchev–Trinajstić information content (AvgIpc) is 2.90. The molecule has 38 heavy (non-hydrogen) atoms. The predicted molar refractivity (Wildman–Crippen MR) is 130 cm³/mol. The molecule has 0 saturated carbocycles. The number of amides is 2. The number of halogens is 5. The highest BCUT2D eigenvalue weighted by Gasteiger charge is 2.33. The monoisotopic (exact) mass is 551 g/mol. The Kier molecular flexibility index (Phi) is 8.42. The standard InChI is InChI=1S/C25H22ClF4N5O3/c26-22-19(12-17(27)13-32-22)24(37)35-10-8-34(9-11-35)21(16-4-2-1-3-5-16)23(36)33-18-6-7-20(31-14-18)38-15-25(28,29)30/h1-7,12-14,21H,8-11,15H2,(H,33,36)/t21-/m1/s1. The van der Waals surface area contributed by atoms with Gasteiger partial charge in [0.2, 0.25) is 11.8 Å². The van der Waals surface area contributed by atoms with Crippen LogP contribution in [-0.4, -0.2) is 70.5 Å². The van der Waals surface area contributed by atoms with E-state index in [1.165, 1.54) is 23.2 Å². The van der Waals surface area contributed by atoms with Crippen LogP contribution in [0.3, 0.4) is 0 Å². The van der Waals surface area contributed by atoms with E-state index in [1.807, 2.05) is 11.0 Å². The highest BCUT2D eigenvalue weighted by Crippen LogP contribution is 2.26.